The quantitative estimate of drug-likeness (QED) is 0.582. The summed E-state index contributed by atoms with van der Waals surface area (Å²) in [5.41, 5.74) is 1.30. The summed E-state index contributed by atoms with van der Waals surface area (Å²) >= 11 is 6.76. The van der Waals surface area contributed by atoms with E-state index in [1.54, 1.807) is 0 Å². The van der Waals surface area contributed by atoms with Crippen LogP contribution in [-0.2, 0) is 13.1 Å². The highest BCUT2D eigenvalue weighted by Gasteiger charge is 2.05. The van der Waals surface area contributed by atoms with E-state index in [9.17, 15) is 0 Å². The zero-order valence-electron chi connectivity index (χ0n) is 11.5. The Hall–Kier alpha value is -1.04. The number of rotatable bonds is 6. The number of nitrogens with one attached hydrogen (secondary N) is 1. The van der Waals surface area contributed by atoms with Crippen LogP contribution in [0.15, 0.2) is 56.2 Å². The van der Waals surface area contributed by atoms with Crippen molar-refractivity contribution < 1.29 is 4.42 Å². The van der Waals surface area contributed by atoms with Crippen LogP contribution in [0.1, 0.15) is 12.2 Å². The van der Waals surface area contributed by atoms with Gasteiger partial charge in [-0.15, -0.1) is 0 Å². The van der Waals surface area contributed by atoms with E-state index in [-0.39, 0.29) is 0 Å². The van der Waals surface area contributed by atoms with Crippen LogP contribution in [0.5, 0.6) is 0 Å². The summed E-state index contributed by atoms with van der Waals surface area (Å²) in [6, 6.07) is 12.6. The number of para-hydroxylation sites is 1. The molecular weight excluding hydrogens is 396 g/mol. The van der Waals surface area contributed by atoms with Crippen LogP contribution in [0.2, 0.25) is 0 Å². The van der Waals surface area contributed by atoms with Crippen molar-refractivity contribution in [1.29, 1.82) is 0 Å². The van der Waals surface area contributed by atoms with E-state index < -0.39 is 0 Å². The lowest BCUT2D eigenvalue weighted by Gasteiger charge is -2.06. The Morgan fingerprint density at radius 3 is 2.81 bits per heavy atom. The molecular formula is C16H16Br2N2O. The molecule has 0 amide bonds. The second kappa shape index (κ2) is 6.81. The maximum atomic E-state index is 5.53. The fourth-order valence-electron chi connectivity index (χ4n) is 2.40. The molecule has 0 fully saturated rings. The van der Waals surface area contributed by atoms with Crippen LogP contribution >= 0.6 is 31.9 Å². The molecule has 110 valence electrons. The van der Waals surface area contributed by atoms with E-state index in [1.807, 2.05) is 6.07 Å². The largest absolute Gasteiger partial charge is 0.452 e. The fraction of sp³-hybridized carbons (Fsp3) is 0.250. The number of halogens is 2. The van der Waals surface area contributed by atoms with Crippen molar-refractivity contribution in [2.45, 2.75) is 19.5 Å². The summed E-state index contributed by atoms with van der Waals surface area (Å²) < 4.78 is 9.53. The number of fused-ring (bicyclic) bond motifs is 1. The third-order valence-electron chi connectivity index (χ3n) is 3.43. The molecule has 1 N–H and O–H groups in total. The number of aromatic nitrogens is 1. The molecule has 0 saturated heterocycles. The molecule has 0 aliphatic carbocycles. The van der Waals surface area contributed by atoms with E-state index in [2.05, 4.69) is 78.3 Å². The van der Waals surface area contributed by atoms with Crippen molar-refractivity contribution in [1.82, 2.24) is 9.88 Å². The zero-order valence-corrected chi connectivity index (χ0v) is 14.7. The highest BCUT2D eigenvalue weighted by atomic mass is 79.9. The molecule has 0 radical (unpaired) electrons. The molecule has 5 heteroatoms. The third-order valence-corrected chi connectivity index (χ3v) is 5.14. The van der Waals surface area contributed by atoms with Gasteiger partial charge in [-0.05, 0) is 68.4 Å². The summed E-state index contributed by atoms with van der Waals surface area (Å²) in [6.07, 6.45) is 3.24. The van der Waals surface area contributed by atoms with Gasteiger partial charge in [0, 0.05) is 18.3 Å². The Balaban J connectivity index is 1.46. The van der Waals surface area contributed by atoms with Crippen LogP contribution in [0.3, 0.4) is 0 Å². The van der Waals surface area contributed by atoms with Gasteiger partial charge in [0.1, 0.15) is 5.76 Å². The smallest absolute Gasteiger partial charge is 0.183 e. The SMILES string of the molecule is Brc1cc(CNCCCn2ccc3ccccc32)oc1Br. The average Bonchev–Trinajstić information content (AvgIpc) is 3.03. The Morgan fingerprint density at radius 2 is 2.00 bits per heavy atom. The summed E-state index contributed by atoms with van der Waals surface area (Å²) in [7, 11) is 0. The predicted molar refractivity (Wildman–Crippen MR) is 92.4 cm³/mol. The summed E-state index contributed by atoms with van der Waals surface area (Å²) in [5.74, 6) is 0.931. The highest BCUT2D eigenvalue weighted by molar-refractivity contribution is 9.13. The monoisotopic (exact) mass is 410 g/mol. The lowest BCUT2D eigenvalue weighted by atomic mass is 10.2. The number of nitrogens with zero attached hydrogens (tertiary/aromatic N) is 1. The number of hydrogen-bond donors (Lipinski definition) is 1. The molecule has 2 aromatic heterocycles. The van der Waals surface area contributed by atoms with Gasteiger partial charge < -0.3 is 14.3 Å². The Bertz CT molecular complexity index is 713. The number of furan rings is 1. The maximum absolute atomic E-state index is 5.53. The Kier molecular flexibility index (Phi) is 4.83. The van der Waals surface area contributed by atoms with Gasteiger partial charge in [0.2, 0.25) is 0 Å². The van der Waals surface area contributed by atoms with Gasteiger partial charge in [0.05, 0.1) is 11.0 Å². The van der Waals surface area contributed by atoms with Crippen molar-refractivity contribution in [3.63, 3.8) is 0 Å². The van der Waals surface area contributed by atoms with Crippen molar-refractivity contribution in [2.24, 2.45) is 0 Å². The van der Waals surface area contributed by atoms with Crippen LogP contribution < -0.4 is 5.32 Å². The van der Waals surface area contributed by atoms with Gasteiger partial charge in [-0.1, -0.05) is 18.2 Å². The number of hydrogen-bond acceptors (Lipinski definition) is 2. The van der Waals surface area contributed by atoms with E-state index in [4.69, 9.17) is 4.42 Å². The molecule has 0 bridgehead atoms. The zero-order chi connectivity index (χ0) is 14.7. The minimum atomic E-state index is 0.747. The Morgan fingerprint density at radius 1 is 1.14 bits per heavy atom. The molecule has 3 aromatic rings. The van der Waals surface area contributed by atoms with Crippen LogP contribution in [-0.4, -0.2) is 11.1 Å². The van der Waals surface area contributed by atoms with Gasteiger partial charge in [-0.3, -0.25) is 0 Å². The first-order valence-electron chi connectivity index (χ1n) is 6.92. The molecule has 0 aliphatic heterocycles. The maximum Gasteiger partial charge on any atom is 0.183 e. The van der Waals surface area contributed by atoms with E-state index >= 15 is 0 Å². The minimum absolute atomic E-state index is 0.747. The first-order valence-corrected chi connectivity index (χ1v) is 8.51. The molecule has 0 atom stereocenters. The van der Waals surface area contributed by atoms with Crippen LogP contribution in [0, 0.1) is 0 Å². The highest BCUT2D eigenvalue weighted by Crippen LogP contribution is 2.26. The molecule has 0 spiro atoms. The Labute approximate surface area is 140 Å². The van der Waals surface area contributed by atoms with Crippen molar-refractivity contribution in [2.75, 3.05) is 6.54 Å². The minimum Gasteiger partial charge on any atom is -0.452 e. The number of aryl methyl sites for hydroxylation is 1. The standard InChI is InChI=1S/C16H16Br2N2O/c17-14-10-13(21-16(14)18)11-19-7-3-8-20-9-6-12-4-1-2-5-15(12)20/h1-2,4-6,9-10,19H,3,7-8,11H2. The average molecular weight is 412 g/mol. The fourth-order valence-corrected chi connectivity index (χ4v) is 3.06. The third kappa shape index (κ3) is 3.59. The summed E-state index contributed by atoms with van der Waals surface area (Å²) in [6.45, 7) is 2.73. The second-order valence-electron chi connectivity index (χ2n) is 4.93. The summed E-state index contributed by atoms with van der Waals surface area (Å²) in [4.78, 5) is 0. The molecule has 1 aromatic carbocycles. The summed E-state index contributed by atoms with van der Waals surface area (Å²) in [5, 5.41) is 4.71. The van der Waals surface area contributed by atoms with E-state index in [0.29, 0.717) is 0 Å². The lowest BCUT2D eigenvalue weighted by molar-refractivity contribution is 0.460. The molecule has 3 nitrogen and oxygen atoms in total. The van der Waals surface area contributed by atoms with Crippen molar-refractivity contribution in [3.8, 4) is 0 Å². The van der Waals surface area contributed by atoms with Crippen molar-refractivity contribution in [3.05, 3.63) is 57.5 Å². The second-order valence-corrected chi connectivity index (χ2v) is 6.51. The van der Waals surface area contributed by atoms with Gasteiger partial charge in [-0.25, -0.2) is 0 Å². The molecule has 3 rings (SSSR count). The van der Waals surface area contributed by atoms with Gasteiger partial charge in [0.25, 0.3) is 0 Å². The molecule has 0 saturated carbocycles. The number of benzene rings is 1. The first-order chi connectivity index (χ1) is 10.2. The van der Waals surface area contributed by atoms with E-state index in [1.165, 1.54) is 10.9 Å². The van der Waals surface area contributed by atoms with Gasteiger partial charge >= 0.3 is 0 Å². The molecule has 21 heavy (non-hydrogen) atoms. The lowest BCUT2D eigenvalue weighted by Crippen LogP contribution is -2.16. The van der Waals surface area contributed by atoms with Crippen molar-refractivity contribution >= 4 is 42.8 Å². The predicted octanol–water partition coefficient (Wildman–Crippen LogP) is 4.94. The van der Waals surface area contributed by atoms with E-state index in [0.717, 1.165) is 41.0 Å². The van der Waals surface area contributed by atoms with Crippen LogP contribution in [0.4, 0.5) is 0 Å². The molecule has 0 unspecified atom stereocenters. The normalized spacial score (nSPS) is 11.3. The first kappa shape index (κ1) is 14.9. The van der Waals surface area contributed by atoms with Crippen LogP contribution in [0.25, 0.3) is 10.9 Å². The van der Waals surface area contributed by atoms with Gasteiger partial charge in [-0.2, -0.15) is 0 Å². The topological polar surface area (TPSA) is 30.1 Å². The van der Waals surface area contributed by atoms with Gasteiger partial charge in [0.15, 0.2) is 4.67 Å². The molecule has 0 aliphatic rings. The molecule has 2 heterocycles.